The summed E-state index contributed by atoms with van der Waals surface area (Å²) in [6, 6.07) is 29.3. The summed E-state index contributed by atoms with van der Waals surface area (Å²) in [5, 5.41) is 2.74. The molecule has 1 amide bonds. The Hall–Kier alpha value is -4.30. The van der Waals surface area contributed by atoms with E-state index in [4.69, 9.17) is 9.47 Å². The zero-order chi connectivity index (χ0) is 24.7. The van der Waals surface area contributed by atoms with Gasteiger partial charge in [-0.25, -0.2) is 8.42 Å². The van der Waals surface area contributed by atoms with Gasteiger partial charge in [0.05, 0.1) is 4.90 Å². The molecule has 35 heavy (non-hydrogen) atoms. The Morgan fingerprint density at radius 1 is 0.714 bits per heavy atom. The molecule has 178 valence electrons. The first-order valence-corrected chi connectivity index (χ1v) is 12.3. The smallest absolute Gasteiger partial charge is 0.262 e. The lowest BCUT2D eigenvalue weighted by molar-refractivity contribution is -0.118. The quantitative estimate of drug-likeness (QED) is 0.320. The van der Waals surface area contributed by atoms with Crippen molar-refractivity contribution in [3.8, 4) is 17.2 Å². The number of carbonyl (C=O) groups excluding carboxylic acids is 1. The van der Waals surface area contributed by atoms with Crippen LogP contribution in [0.2, 0.25) is 0 Å². The number of aryl methyl sites for hydroxylation is 1. The molecule has 8 heteroatoms. The van der Waals surface area contributed by atoms with Gasteiger partial charge in [0.15, 0.2) is 6.61 Å². The molecule has 0 fully saturated rings. The minimum absolute atomic E-state index is 0.0905. The van der Waals surface area contributed by atoms with Crippen molar-refractivity contribution in [3.63, 3.8) is 0 Å². The monoisotopic (exact) mass is 488 g/mol. The summed E-state index contributed by atoms with van der Waals surface area (Å²) in [7, 11) is -3.73. The van der Waals surface area contributed by atoms with E-state index in [1.165, 1.54) is 24.3 Å². The van der Waals surface area contributed by atoms with Gasteiger partial charge in [0, 0.05) is 11.4 Å². The maximum atomic E-state index is 12.6. The van der Waals surface area contributed by atoms with Gasteiger partial charge in [-0.1, -0.05) is 35.9 Å². The second-order valence-corrected chi connectivity index (χ2v) is 9.40. The topological polar surface area (TPSA) is 93.7 Å². The molecule has 0 bridgehead atoms. The van der Waals surface area contributed by atoms with Gasteiger partial charge >= 0.3 is 0 Å². The third-order valence-electron chi connectivity index (χ3n) is 4.92. The first-order chi connectivity index (χ1) is 16.9. The van der Waals surface area contributed by atoms with E-state index >= 15 is 0 Å². The van der Waals surface area contributed by atoms with Crippen LogP contribution in [0.1, 0.15) is 5.56 Å². The van der Waals surface area contributed by atoms with Crippen LogP contribution in [-0.2, 0) is 14.8 Å². The Bertz CT molecular complexity index is 1370. The lowest BCUT2D eigenvalue weighted by Gasteiger charge is -2.11. The second-order valence-electron chi connectivity index (χ2n) is 7.72. The first kappa shape index (κ1) is 23.8. The van der Waals surface area contributed by atoms with Crippen LogP contribution in [0.4, 0.5) is 11.4 Å². The maximum absolute atomic E-state index is 12.6. The molecule has 0 aliphatic carbocycles. The van der Waals surface area contributed by atoms with E-state index in [0.29, 0.717) is 22.9 Å². The summed E-state index contributed by atoms with van der Waals surface area (Å²) in [5.74, 6) is 1.40. The number of anilines is 2. The van der Waals surface area contributed by atoms with Gasteiger partial charge in [-0.2, -0.15) is 0 Å². The predicted octanol–water partition coefficient (Wildman–Crippen LogP) is 5.61. The van der Waals surface area contributed by atoms with Gasteiger partial charge in [-0.15, -0.1) is 0 Å². The van der Waals surface area contributed by atoms with Crippen LogP contribution in [0.25, 0.3) is 0 Å². The van der Waals surface area contributed by atoms with Crippen LogP contribution < -0.4 is 19.5 Å². The molecule has 4 aromatic carbocycles. The molecular formula is C27H24N2O5S. The van der Waals surface area contributed by atoms with E-state index in [2.05, 4.69) is 10.0 Å². The van der Waals surface area contributed by atoms with Gasteiger partial charge in [-0.3, -0.25) is 9.52 Å². The molecule has 0 heterocycles. The van der Waals surface area contributed by atoms with Crippen LogP contribution in [0, 0.1) is 6.92 Å². The average Bonchev–Trinajstić information content (AvgIpc) is 2.86. The highest BCUT2D eigenvalue weighted by atomic mass is 32.2. The number of hydrogen-bond acceptors (Lipinski definition) is 5. The summed E-state index contributed by atoms with van der Waals surface area (Å²) < 4.78 is 38.9. The fourth-order valence-electron chi connectivity index (χ4n) is 3.13. The molecule has 7 nitrogen and oxygen atoms in total. The summed E-state index contributed by atoms with van der Waals surface area (Å²) >= 11 is 0. The average molecular weight is 489 g/mol. The molecule has 0 saturated carbocycles. The number of rotatable bonds is 9. The largest absolute Gasteiger partial charge is 0.484 e. The molecule has 0 aliphatic heterocycles. The third kappa shape index (κ3) is 6.84. The number of nitrogens with one attached hydrogen (secondary N) is 2. The van der Waals surface area contributed by atoms with E-state index in [9.17, 15) is 13.2 Å². The normalized spacial score (nSPS) is 10.9. The Labute approximate surface area is 204 Å². The molecule has 0 saturated heterocycles. The van der Waals surface area contributed by atoms with Crippen molar-refractivity contribution in [1.29, 1.82) is 0 Å². The van der Waals surface area contributed by atoms with E-state index in [1.807, 2.05) is 49.4 Å². The Morgan fingerprint density at radius 2 is 1.29 bits per heavy atom. The molecule has 4 aromatic rings. The fourth-order valence-corrected chi connectivity index (χ4v) is 4.19. The van der Waals surface area contributed by atoms with Crippen molar-refractivity contribution in [1.82, 2.24) is 0 Å². The minimum Gasteiger partial charge on any atom is -0.484 e. The van der Waals surface area contributed by atoms with Crippen LogP contribution in [-0.4, -0.2) is 20.9 Å². The number of sulfonamides is 1. The predicted molar refractivity (Wildman–Crippen MR) is 136 cm³/mol. The van der Waals surface area contributed by atoms with E-state index in [1.54, 1.807) is 36.4 Å². The summed E-state index contributed by atoms with van der Waals surface area (Å²) in [5.41, 5.74) is 2.11. The first-order valence-electron chi connectivity index (χ1n) is 10.8. The van der Waals surface area contributed by atoms with Crippen molar-refractivity contribution in [2.75, 3.05) is 16.6 Å². The van der Waals surface area contributed by atoms with E-state index in [0.717, 1.165) is 11.3 Å². The van der Waals surface area contributed by atoms with Crippen molar-refractivity contribution in [2.45, 2.75) is 11.8 Å². The molecule has 0 radical (unpaired) electrons. The minimum atomic E-state index is -3.73. The Morgan fingerprint density at radius 3 is 1.94 bits per heavy atom. The molecule has 0 aliphatic rings. The van der Waals surface area contributed by atoms with Crippen molar-refractivity contribution >= 4 is 27.3 Å². The molecular weight excluding hydrogens is 464 g/mol. The third-order valence-corrected chi connectivity index (χ3v) is 6.32. The van der Waals surface area contributed by atoms with Crippen LogP contribution in [0.5, 0.6) is 17.2 Å². The van der Waals surface area contributed by atoms with Crippen LogP contribution >= 0.6 is 0 Å². The number of hydrogen-bond donors (Lipinski definition) is 2. The Kier molecular flexibility index (Phi) is 7.32. The standard InChI is InChI=1S/C27H24N2O5S/c1-20-7-9-22(10-8-20)29-35(31,32)26-17-15-23(16-18-26)33-19-27(30)28-21-11-13-25(14-12-21)34-24-5-3-2-4-6-24/h2-18,29H,19H2,1H3,(H,28,30). The summed E-state index contributed by atoms with van der Waals surface area (Å²) in [6.45, 7) is 1.70. The molecule has 0 aromatic heterocycles. The van der Waals surface area contributed by atoms with Gasteiger partial charge in [0.1, 0.15) is 17.2 Å². The Balaban J connectivity index is 1.27. The number of carbonyl (C=O) groups is 1. The van der Waals surface area contributed by atoms with Crippen molar-refractivity contribution < 1.29 is 22.7 Å². The SMILES string of the molecule is Cc1ccc(NS(=O)(=O)c2ccc(OCC(=O)Nc3ccc(Oc4ccccc4)cc3)cc2)cc1. The van der Waals surface area contributed by atoms with Crippen molar-refractivity contribution in [3.05, 3.63) is 109 Å². The van der Waals surface area contributed by atoms with Crippen molar-refractivity contribution in [2.24, 2.45) is 0 Å². The number of ether oxygens (including phenoxy) is 2. The fraction of sp³-hybridized carbons (Fsp3) is 0.0741. The number of amides is 1. The van der Waals surface area contributed by atoms with E-state index in [-0.39, 0.29) is 17.4 Å². The molecule has 2 N–H and O–H groups in total. The van der Waals surface area contributed by atoms with Crippen LogP contribution in [0.15, 0.2) is 108 Å². The van der Waals surface area contributed by atoms with Gasteiger partial charge in [0.25, 0.3) is 15.9 Å². The zero-order valence-electron chi connectivity index (χ0n) is 19.0. The zero-order valence-corrected chi connectivity index (χ0v) is 19.8. The lowest BCUT2D eigenvalue weighted by Crippen LogP contribution is -2.20. The highest BCUT2D eigenvalue weighted by molar-refractivity contribution is 7.92. The lowest BCUT2D eigenvalue weighted by atomic mass is 10.2. The molecule has 0 atom stereocenters. The van der Waals surface area contributed by atoms with Gasteiger partial charge < -0.3 is 14.8 Å². The van der Waals surface area contributed by atoms with Gasteiger partial charge in [0.2, 0.25) is 0 Å². The van der Waals surface area contributed by atoms with Crippen LogP contribution in [0.3, 0.4) is 0 Å². The molecule has 0 unspecified atom stereocenters. The second kappa shape index (κ2) is 10.8. The molecule has 0 spiro atoms. The maximum Gasteiger partial charge on any atom is 0.262 e. The number of benzene rings is 4. The molecule has 4 rings (SSSR count). The summed E-state index contributed by atoms with van der Waals surface area (Å²) in [4.78, 5) is 12.3. The summed E-state index contributed by atoms with van der Waals surface area (Å²) in [6.07, 6.45) is 0. The highest BCUT2D eigenvalue weighted by Gasteiger charge is 2.14. The van der Waals surface area contributed by atoms with Gasteiger partial charge in [-0.05, 0) is 79.7 Å². The highest BCUT2D eigenvalue weighted by Crippen LogP contribution is 2.23. The number of para-hydroxylation sites is 1. The van der Waals surface area contributed by atoms with E-state index < -0.39 is 10.0 Å².